The van der Waals surface area contributed by atoms with Crippen molar-refractivity contribution in [2.24, 2.45) is 7.05 Å². The molecule has 4 nitrogen and oxygen atoms in total. The van der Waals surface area contributed by atoms with Crippen molar-refractivity contribution in [1.29, 1.82) is 0 Å². The molecule has 0 saturated carbocycles. The normalized spacial score (nSPS) is 11.1. The summed E-state index contributed by atoms with van der Waals surface area (Å²) in [7, 11) is 1.91. The number of aromatic nitrogens is 3. The Morgan fingerprint density at radius 3 is 2.84 bits per heavy atom. The van der Waals surface area contributed by atoms with Crippen molar-refractivity contribution in [1.82, 2.24) is 14.8 Å². The molecule has 1 aromatic carbocycles. The number of nitrogen functional groups attached to an aromatic ring is 1. The Hall–Kier alpha value is -2.01. The number of pyridine rings is 1. The molecule has 96 valence electrons. The zero-order valence-corrected chi connectivity index (χ0v) is 11.6. The van der Waals surface area contributed by atoms with Gasteiger partial charge in [-0.1, -0.05) is 11.8 Å². The molecule has 0 saturated heterocycles. The summed E-state index contributed by atoms with van der Waals surface area (Å²) in [5, 5.41) is 5.27. The number of hydrogen-bond acceptors (Lipinski definition) is 4. The van der Waals surface area contributed by atoms with E-state index in [1.165, 1.54) is 0 Å². The third kappa shape index (κ3) is 2.42. The highest BCUT2D eigenvalue weighted by Crippen LogP contribution is 2.34. The highest BCUT2D eigenvalue weighted by molar-refractivity contribution is 7.99. The maximum absolute atomic E-state index is 5.87. The molecule has 0 aliphatic rings. The van der Waals surface area contributed by atoms with Crippen LogP contribution >= 0.6 is 11.8 Å². The SMILES string of the molecule is Cc1cc(Sc2cnn(C)c2)c2cc(N)ccc2n1. The first-order valence-electron chi connectivity index (χ1n) is 5.95. The summed E-state index contributed by atoms with van der Waals surface area (Å²) < 4.78 is 1.80. The Kier molecular flexibility index (Phi) is 2.91. The minimum atomic E-state index is 0.756. The molecule has 0 radical (unpaired) electrons. The van der Waals surface area contributed by atoms with Gasteiger partial charge in [0.05, 0.1) is 16.6 Å². The maximum atomic E-state index is 5.87. The molecule has 0 atom stereocenters. The van der Waals surface area contributed by atoms with Crippen molar-refractivity contribution in [3.8, 4) is 0 Å². The van der Waals surface area contributed by atoms with Gasteiger partial charge in [0.2, 0.25) is 0 Å². The summed E-state index contributed by atoms with van der Waals surface area (Å²) in [5.74, 6) is 0. The van der Waals surface area contributed by atoms with Crippen LogP contribution in [0.4, 0.5) is 5.69 Å². The van der Waals surface area contributed by atoms with Crippen molar-refractivity contribution >= 4 is 28.4 Å². The topological polar surface area (TPSA) is 56.7 Å². The van der Waals surface area contributed by atoms with Crippen molar-refractivity contribution in [2.75, 3.05) is 5.73 Å². The number of nitrogens with zero attached hydrogens (tertiary/aromatic N) is 3. The predicted octanol–water partition coefficient (Wildman–Crippen LogP) is 3.01. The van der Waals surface area contributed by atoms with Gasteiger partial charge in [-0.25, -0.2) is 0 Å². The van der Waals surface area contributed by atoms with Crippen LogP contribution in [0.15, 0.2) is 46.5 Å². The van der Waals surface area contributed by atoms with E-state index in [0.717, 1.165) is 32.1 Å². The molecule has 2 heterocycles. The number of anilines is 1. The number of aryl methyl sites for hydroxylation is 2. The molecular formula is C14H14N4S. The van der Waals surface area contributed by atoms with Crippen LogP contribution in [0, 0.1) is 6.92 Å². The van der Waals surface area contributed by atoms with Gasteiger partial charge in [0.1, 0.15) is 0 Å². The summed E-state index contributed by atoms with van der Waals surface area (Å²) in [5.41, 5.74) is 8.61. The molecule has 19 heavy (non-hydrogen) atoms. The fraction of sp³-hybridized carbons (Fsp3) is 0.143. The van der Waals surface area contributed by atoms with Crippen LogP contribution in [-0.2, 0) is 7.05 Å². The van der Waals surface area contributed by atoms with Gasteiger partial charge in [-0.2, -0.15) is 5.10 Å². The lowest BCUT2D eigenvalue weighted by molar-refractivity contribution is 0.766. The van der Waals surface area contributed by atoms with Gasteiger partial charge in [-0.15, -0.1) is 0 Å². The van der Waals surface area contributed by atoms with Gasteiger partial charge < -0.3 is 5.73 Å². The van der Waals surface area contributed by atoms with E-state index < -0.39 is 0 Å². The second kappa shape index (κ2) is 4.59. The van der Waals surface area contributed by atoms with Crippen molar-refractivity contribution in [2.45, 2.75) is 16.7 Å². The maximum Gasteiger partial charge on any atom is 0.0718 e. The zero-order chi connectivity index (χ0) is 13.4. The summed E-state index contributed by atoms with van der Waals surface area (Å²) in [6.45, 7) is 2.00. The number of hydrogen-bond donors (Lipinski definition) is 1. The van der Waals surface area contributed by atoms with E-state index in [1.54, 1.807) is 16.4 Å². The van der Waals surface area contributed by atoms with Gasteiger partial charge in [0.25, 0.3) is 0 Å². The van der Waals surface area contributed by atoms with Crippen LogP contribution in [0.3, 0.4) is 0 Å². The Balaban J connectivity index is 2.13. The number of benzene rings is 1. The quantitative estimate of drug-likeness (QED) is 0.727. The monoisotopic (exact) mass is 270 g/mol. The van der Waals surface area contributed by atoms with E-state index in [1.807, 2.05) is 44.6 Å². The fourth-order valence-corrected chi connectivity index (χ4v) is 3.06. The molecule has 3 rings (SSSR count). The van der Waals surface area contributed by atoms with Crippen molar-refractivity contribution < 1.29 is 0 Å². The zero-order valence-electron chi connectivity index (χ0n) is 10.8. The molecule has 0 amide bonds. The Labute approximate surface area is 115 Å². The smallest absolute Gasteiger partial charge is 0.0718 e. The molecule has 5 heteroatoms. The molecule has 0 aliphatic heterocycles. The third-order valence-corrected chi connectivity index (χ3v) is 3.84. The van der Waals surface area contributed by atoms with Gasteiger partial charge >= 0.3 is 0 Å². The molecular weight excluding hydrogens is 256 g/mol. The lowest BCUT2D eigenvalue weighted by Gasteiger charge is -2.07. The predicted molar refractivity (Wildman–Crippen MR) is 78.2 cm³/mol. The van der Waals surface area contributed by atoms with Crippen LogP contribution in [-0.4, -0.2) is 14.8 Å². The van der Waals surface area contributed by atoms with Gasteiger partial charge in [-0.05, 0) is 31.2 Å². The standard InChI is InChI=1S/C14H14N4S/c1-9-5-14(19-11-7-16-18(2)8-11)12-6-10(15)3-4-13(12)17-9/h3-8H,15H2,1-2H3. The van der Waals surface area contributed by atoms with Crippen LogP contribution in [0.2, 0.25) is 0 Å². The molecule has 3 aromatic rings. The Morgan fingerprint density at radius 2 is 2.11 bits per heavy atom. The van der Waals surface area contributed by atoms with Crippen LogP contribution < -0.4 is 5.73 Å². The molecule has 0 bridgehead atoms. The molecule has 0 spiro atoms. The van der Waals surface area contributed by atoms with Crippen LogP contribution in [0.5, 0.6) is 0 Å². The highest BCUT2D eigenvalue weighted by atomic mass is 32.2. The molecule has 0 aliphatic carbocycles. The number of nitrogens with two attached hydrogens (primary N) is 1. The second-order valence-corrected chi connectivity index (χ2v) is 5.61. The molecule has 0 fully saturated rings. The van der Waals surface area contributed by atoms with Gasteiger partial charge in [0, 0.05) is 34.9 Å². The van der Waals surface area contributed by atoms with Crippen LogP contribution in [0.25, 0.3) is 10.9 Å². The van der Waals surface area contributed by atoms with E-state index in [-0.39, 0.29) is 0 Å². The first-order valence-corrected chi connectivity index (χ1v) is 6.77. The average Bonchev–Trinajstić information content (AvgIpc) is 2.76. The van der Waals surface area contributed by atoms with E-state index >= 15 is 0 Å². The number of rotatable bonds is 2. The molecule has 0 unspecified atom stereocenters. The summed E-state index contributed by atoms with van der Waals surface area (Å²) in [6.07, 6.45) is 3.86. The first kappa shape index (κ1) is 12.0. The second-order valence-electron chi connectivity index (χ2n) is 4.49. The lowest BCUT2D eigenvalue weighted by Crippen LogP contribution is -1.90. The fourth-order valence-electron chi connectivity index (χ4n) is 2.00. The third-order valence-electron chi connectivity index (χ3n) is 2.83. The lowest BCUT2D eigenvalue weighted by atomic mass is 10.2. The highest BCUT2D eigenvalue weighted by Gasteiger charge is 2.07. The Bertz CT molecular complexity index is 748. The van der Waals surface area contributed by atoms with Crippen molar-refractivity contribution in [3.05, 3.63) is 42.4 Å². The summed E-state index contributed by atoms with van der Waals surface area (Å²) >= 11 is 1.68. The molecule has 2 N–H and O–H groups in total. The largest absolute Gasteiger partial charge is 0.399 e. The van der Waals surface area contributed by atoms with Gasteiger partial charge in [0.15, 0.2) is 0 Å². The first-order chi connectivity index (χ1) is 9.11. The molecule has 2 aromatic heterocycles. The minimum absolute atomic E-state index is 0.756. The van der Waals surface area contributed by atoms with E-state index in [9.17, 15) is 0 Å². The summed E-state index contributed by atoms with van der Waals surface area (Å²) in [4.78, 5) is 6.80. The van der Waals surface area contributed by atoms with E-state index in [2.05, 4.69) is 16.1 Å². The van der Waals surface area contributed by atoms with Crippen LogP contribution in [0.1, 0.15) is 5.69 Å². The van der Waals surface area contributed by atoms with E-state index in [0.29, 0.717) is 0 Å². The van der Waals surface area contributed by atoms with Gasteiger partial charge in [-0.3, -0.25) is 9.67 Å². The summed E-state index contributed by atoms with van der Waals surface area (Å²) in [6, 6.07) is 7.90. The number of fused-ring (bicyclic) bond motifs is 1. The average molecular weight is 270 g/mol. The minimum Gasteiger partial charge on any atom is -0.399 e. The van der Waals surface area contributed by atoms with E-state index in [4.69, 9.17) is 5.73 Å². The van der Waals surface area contributed by atoms with Crippen molar-refractivity contribution in [3.63, 3.8) is 0 Å². The Morgan fingerprint density at radius 1 is 1.26 bits per heavy atom.